The molecule has 2 aromatic carbocycles. The van der Waals surface area contributed by atoms with Crippen molar-refractivity contribution in [1.82, 2.24) is 10.2 Å². The molecule has 7 nitrogen and oxygen atoms in total. The first-order chi connectivity index (χ1) is 14.6. The topological polar surface area (TPSA) is 71.1 Å². The maximum atomic E-state index is 12.7. The van der Waals surface area contributed by atoms with Crippen molar-refractivity contribution in [3.05, 3.63) is 59.7 Å². The molecule has 0 radical (unpaired) electrons. The second-order valence-electron chi connectivity index (χ2n) is 7.49. The summed E-state index contributed by atoms with van der Waals surface area (Å²) >= 11 is 0. The molecule has 1 atom stereocenters. The molecule has 7 heteroatoms. The lowest BCUT2D eigenvalue weighted by Gasteiger charge is -2.26. The Morgan fingerprint density at radius 2 is 1.90 bits per heavy atom. The van der Waals surface area contributed by atoms with Crippen LogP contribution in [0.2, 0.25) is 0 Å². The summed E-state index contributed by atoms with van der Waals surface area (Å²) in [7, 11) is 0. The van der Waals surface area contributed by atoms with E-state index < -0.39 is 0 Å². The van der Waals surface area contributed by atoms with Gasteiger partial charge in [-0.15, -0.1) is 0 Å². The molecule has 1 saturated heterocycles. The fraction of sp³-hybridized carbons (Fsp3) is 0.391. The Morgan fingerprint density at radius 1 is 1.13 bits per heavy atom. The monoisotopic (exact) mass is 409 g/mol. The number of nitrogens with one attached hydrogen (secondary N) is 1. The Kier molecular flexibility index (Phi) is 6.18. The van der Waals surface area contributed by atoms with Crippen LogP contribution in [0.3, 0.4) is 0 Å². The molecular formula is C23H27N3O4. The number of nitrogens with zero attached hydrogens (tertiary/aromatic N) is 2. The van der Waals surface area contributed by atoms with Gasteiger partial charge in [0, 0.05) is 31.7 Å². The normalized spacial score (nSPS) is 18.3. The first kappa shape index (κ1) is 20.2. The third kappa shape index (κ3) is 4.57. The van der Waals surface area contributed by atoms with Crippen molar-refractivity contribution in [2.45, 2.75) is 26.1 Å². The van der Waals surface area contributed by atoms with Gasteiger partial charge in [0.25, 0.3) is 0 Å². The van der Waals surface area contributed by atoms with Gasteiger partial charge in [0.2, 0.25) is 5.91 Å². The highest BCUT2D eigenvalue weighted by atomic mass is 16.5. The van der Waals surface area contributed by atoms with Crippen LogP contribution >= 0.6 is 0 Å². The summed E-state index contributed by atoms with van der Waals surface area (Å²) in [5.74, 6) is 0.607. The lowest BCUT2D eigenvalue weighted by molar-refractivity contribution is -0.122. The van der Waals surface area contributed by atoms with Gasteiger partial charge in [-0.25, -0.2) is 4.79 Å². The van der Waals surface area contributed by atoms with Crippen molar-refractivity contribution in [2.24, 2.45) is 0 Å². The Labute approximate surface area is 176 Å². The molecule has 2 aromatic rings. The van der Waals surface area contributed by atoms with E-state index in [0.717, 1.165) is 17.9 Å². The molecule has 2 aliphatic rings. The van der Waals surface area contributed by atoms with Crippen LogP contribution in [-0.2, 0) is 22.6 Å². The number of anilines is 1. The molecule has 2 aliphatic heterocycles. The van der Waals surface area contributed by atoms with Crippen LogP contribution in [0.15, 0.2) is 48.5 Å². The van der Waals surface area contributed by atoms with E-state index in [4.69, 9.17) is 9.47 Å². The lowest BCUT2D eigenvalue weighted by Crippen LogP contribution is -2.43. The van der Waals surface area contributed by atoms with Crippen molar-refractivity contribution >= 4 is 17.6 Å². The number of fused-ring (bicyclic) bond motifs is 1. The van der Waals surface area contributed by atoms with Gasteiger partial charge in [0.05, 0.1) is 19.3 Å². The molecule has 0 aliphatic carbocycles. The van der Waals surface area contributed by atoms with E-state index in [0.29, 0.717) is 32.8 Å². The van der Waals surface area contributed by atoms with Crippen molar-refractivity contribution in [1.29, 1.82) is 0 Å². The fourth-order valence-electron chi connectivity index (χ4n) is 3.86. The lowest BCUT2D eigenvalue weighted by atomic mass is 9.99. The largest absolute Gasteiger partial charge is 0.494 e. The van der Waals surface area contributed by atoms with Gasteiger partial charge in [-0.3, -0.25) is 9.69 Å². The molecule has 158 valence electrons. The SMILES string of the molecule is CCOc1ccc(N2CCN(CC(=O)NCC3Cc4ccccc4CO3)C2=O)cc1. The second kappa shape index (κ2) is 9.17. The molecule has 1 fully saturated rings. The van der Waals surface area contributed by atoms with E-state index in [2.05, 4.69) is 17.4 Å². The molecule has 3 amide bonds. The van der Waals surface area contributed by atoms with Gasteiger partial charge in [0.1, 0.15) is 12.3 Å². The van der Waals surface area contributed by atoms with E-state index in [1.165, 1.54) is 11.1 Å². The standard InChI is InChI=1S/C23H27N3O4/c1-2-29-20-9-7-19(8-10-20)26-12-11-25(23(26)28)15-22(27)24-14-21-13-17-5-3-4-6-18(17)16-30-21/h3-10,21H,2,11-16H2,1H3,(H,24,27). The quantitative estimate of drug-likeness (QED) is 0.763. The Balaban J connectivity index is 1.25. The number of rotatable bonds is 7. The molecule has 0 spiro atoms. The zero-order chi connectivity index (χ0) is 20.9. The minimum atomic E-state index is -0.167. The number of carbonyl (C=O) groups excluding carboxylic acids is 2. The average Bonchev–Trinajstić information content (AvgIpc) is 3.13. The second-order valence-corrected chi connectivity index (χ2v) is 7.49. The molecule has 1 N–H and O–H groups in total. The molecule has 0 aromatic heterocycles. The maximum absolute atomic E-state index is 12.7. The van der Waals surface area contributed by atoms with Crippen LogP contribution in [0.5, 0.6) is 5.75 Å². The van der Waals surface area contributed by atoms with Crippen LogP contribution in [-0.4, -0.2) is 55.7 Å². The van der Waals surface area contributed by atoms with Gasteiger partial charge >= 0.3 is 6.03 Å². The summed E-state index contributed by atoms with van der Waals surface area (Å²) in [6, 6.07) is 15.5. The molecular weight excluding hydrogens is 382 g/mol. The van der Waals surface area contributed by atoms with E-state index in [1.54, 1.807) is 9.80 Å². The summed E-state index contributed by atoms with van der Waals surface area (Å²) in [5, 5.41) is 2.91. The maximum Gasteiger partial charge on any atom is 0.325 e. The first-order valence-corrected chi connectivity index (χ1v) is 10.4. The van der Waals surface area contributed by atoms with Gasteiger partial charge in [-0.05, 0) is 42.3 Å². The Hall–Kier alpha value is -3.06. The smallest absolute Gasteiger partial charge is 0.325 e. The Morgan fingerprint density at radius 3 is 2.67 bits per heavy atom. The summed E-state index contributed by atoms with van der Waals surface area (Å²) < 4.78 is 11.3. The molecule has 4 rings (SSSR count). The summed E-state index contributed by atoms with van der Waals surface area (Å²) in [4.78, 5) is 28.4. The van der Waals surface area contributed by atoms with Gasteiger partial charge in [0.15, 0.2) is 0 Å². The fourth-order valence-corrected chi connectivity index (χ4v) is 3.86. The number of benzene rings is 2. The zero-order valence-electron chi connectivity index (χ0n) is 17.2. The molecule has 2 heterocycles. The third-order valence-electron chi connectivity index (χ3n) is 5.46. The first-order valence-electron chi connectivity index (χ1n) is 10.4. The van der Waals surface area contributed by atoms with E-state index in [-0.39, 0.29) is 24.6 Å². The molecule has 1 unspecified atom stereocenters. The number of amides is 3. The minimum absolute atomic E-state index is 0.0431. The van der Waals surface area contributed by atoms with E-state index in [1.807, 2.05) is 43.3 Å². The molecule has 30 heavy (non-hydrogen) atoms. The minimum Gasteiger partial charge on any atom is -0.494 e. The number of ether oxygens (including phenoxy) is 2. The number of urea groups is 1. The number of hydrogen-bond donors (Lipinski definition) is 1. The van der Waals surface area contributed by atoms with E-state index >= 15 is 0 Å². The summed E-state index contributed by atoms with van der Waals surface area (Å²) in [5.41, 5.74) is 3.28. The van der Waals surface area contributed by atoms with Crippen LogP contribution in [0.4, 0.5) is 10.5 Å². The highest BCUT2D eigenvalue weighted by molar-refractivity contribution is 5.96. The average molecular weight is 409 g/mol. The predicted molar refractivity (Wildman–Crippen MR) is 114 cm³/mol. The Bertz CT molecular complexity index is 900. The zero-order valence-corrected chi connectivity index (χ0v) is 17.2. The summed E-state index contributed by atoms with van der Waals surface area (Å²) in [6.07, 6.45) is 0.739. The van der Waals surface area contributed by atoms with Crippen LogP contribution < -0.4 is 15.0 Å². The van der Waals surface area contributed by atoms with Gasteiger partial charge in [-0.2, -0.15) is 0 Å². The van der Waals surface area contributed by atoms with Gasteiger partial charge < -0.3 is 19.7 Å². The highest BCUT2D eigenvalue weighted by Crippen LogP contribution is 2.23. The van der Waals surface area contributed by atoms with Gasteiger partial charge in [-0.1, -0.05) is 24.3 Å². The third-order valence-corrected chi connectivity index (χ3v) is 5.46. The van der Waals surface area contributed by atoms with Crippen LogP contribution in [0.1, 0.15) is 18.1 Å². The van der Waals surface area contributed by atoms with Crippen molar-refractivity contribution in [2.75, 3.05) is 37.7 Å². The van der Waals surface area contributed by atoms with Crippen molar-refractivity contribution in [3.63, 3.8) is 0 Å². The van der Waals surface area contributed by atoms with Crippen LogP contribution in [0, 0.1) is 0 Å². The van der Waals surface area contributed by atoms with Crippen molar-refractivity contribution in [3.8, 4) is 5.75 Å². The number of hydrogen-bond acceptors (Lipinski definition) is 4. The predicted octanol–water partition coefficient (Wildman–Crippen LogP) is 2.59. The highest BCUT2D eigenvalue weighted by Gasteiger charge is 2.31. The number of carbonyl (C=O) groups is 2. The molecule has 0 bridgehead atoms. The van der Waals surface area contributed by atoms with E-state index in [9.17, 15) is 9.59 Å². The van der Waals surface area contributed by atoms with Crippen molar-refractivity contribution < 1.29 is 19.1 Å². The molecule has 0 saturated carbocycles. The summed E-state index contributed by atoms with van der Waals surface area (Å²) in [6.45, 7) is 4.67. The van der Waals surface area contributed by atoms with Crippen LogP contribution in [0.25, 0.3) is 0 Å².